The highest BCUT2D eigenvalue weighted by atomic mass is 35.5. The molecule has 0 spiro atoms. The van der Waals surface area contributed by atoms with Gasteiger partial charge in [0, 0.05) is 0 Å². The second-order valence-electron chi connectivity index (χ2n) is 3.83. The van der Waals surface area contributed by atoms with Crippen molar-refractivity contribution >= 4 is 24.8 Å². The van der Waals surface area contributed by atoms with Crippen molar-refractivity contribution in [3.63, 3.8) is 0 Å². The van der Waals surface area contributed by atoms with E-state index in [0.717, 1.165) is 0 Å². The molecule has 0 heterocycles. The predicted molar refractivity (Wildman–Crippen MR) is 72.0 cm³/mol. The zero-order valence-corrected chi connectivity index (χ0v) is 11.5. The van der Waals surface area contributed by atoms with E-state index >= 15 is 0 Å². The summed E-state index contributed by atoms with van der Waals surface area (Å²) in [5.41, 5.74) is 0. The molecular weight excluding hydrogens is 215 g/mol. The van der Waals surface area contributed by atoms with E-state index in [1.807, 2.05) is 0 Å². The predicted octanol–water partition coefficient (Wildman–Crippen LogP) is 5.77. The molecule has 0 aromatic carbocycles. The standard InChI is InChI=1S/C12H26.2ClH/c1-3-5-7-9-11-12-10-8-6-4-2;;/h3-12H2,1-2H3;2*1H. The Kier molecular flexibility index (Phi) is 27.5. The molecule has 90 valence electrons. The van der Waals surface area contributed by atoms with Crippen LogP contribution < -0.4 is 0 Å². The van der Waals surface area contributed by atoms with Crippen molar-refractivity contribution in [2.75, 3.05) is 0 Å². The van der Waals surface area contributed by atoms with Crippen LogP contribution in [0.5, 0.6) is 0 Å². The zero-order valence-electron chi connectivity index (χ0n) is 9.89. The van der Waals surface area contributed by atoms with Crippen molar-refractivity contribution in [3.8, 4) is 0 Å². The minimum atomic E-state index is 0. The SMILES string of the molecule is CCCCCCCCCCCC.Cl.Cl. The Morgan fingerprint density at radius 2 is 0.643 bits per heavy atom. The number of hydrogen-bond donors (Lipinski definition) is 0. The van der Waals surface area contributed by atoms with Crippen LogP contribution >= 0.6 is 24.8 Å². The average molecular weight is 243 g/mol. The molecule has 0 saturated carbocycles. The van der Waals surface area contributed by atoms with Crippen LogP contribution in [0.1, 0.15) is 78.1 Å². The maximum absolute atomic E-state index is 2.28. The van der Waals surface area contributed by atoms with Crippen molar-refractivity contribution in [2.45, 2.75) is 78.1 Å². The van der Waals surface area contributed by atoms with Crippen LogP contribution in [0, 0.1) is 0 Å². The summed E-state index contributed by atoms with van der Waals surface area (Å²) >= 11 is 0. The van der Waals surface area contributed by atoms with Crippen molar-refractivity contribution in [1.82, 2.24) is 0 Å². The normalized spacial score (nSPS) is 9.00. The zero-order chi connectivity index (χ0) is 9.07. The fraction of sp³-hybridized carbons (Fsp3) is 1.00. The molecule has 0 aromatic heterocycles. The fourth-order valence-corrected chi connectivity index (χ4v) is 1.56. The van der Waals surface area contributed by atoms with Gasteiger partial charge < -0.3 is 0 Å². The van der Waals surface area contributed by atoms with Crippen molar-refractivity contribution in [2.24, 2.45) is 0 Å². The highest BCUT2D eigenvalue weighted by molar-refractivity contribution is 5.85. The molecule has 14 heavy (non-hydrogen) atoms. The van der Waals surface area contributed by atoms with Crippen LogP contribution in [0.3, 0.4) is 0 Å². The van der Waals surface area contributed by atoms with Gasteiger partial charge in [-0.25, -0.2) is 0 Å². The van der Waals surface area contributed by atoms with Crippen molar-refractivity contribution in [1.29, 1.82) is 0 Å². The van der Waals surface area contributed by atoms with Crippen molar-refractivity contribution in [3.05, 3.63) is 0 Å². The molecule has 0 nitrogen and oxygen atoms in total. The molecule has 0 N–H and O–H groups in total. The average Bonchev–Trinajstić information content (AvgIpc) is 2.10. The first kappa shape index (κ1) is 20.1. The van der Waals surface area contributed by atoms with Gasteiger partial charge in [0.1, 0.15) is 0 Å². The van der Waals surface area contributed by atoms with E-state index in [9.17, 15) is 0 Å². The molecule has 0 rings (SSSR count). The van der Waals surface area contributed by atoms with Gasteiger partial charge in [-0.1, -0.05) is 78.1 Å². The van der Waals surface area contributed by atoms with E-state index in [1.165, 1.54) is 64.2 Å². The van der Waals surface area contributed by atoms with Gasteiger partial charge in [0.25, 0.3) is 0 Å². The lowest BCUT2D eigenvalue weighted by Crippen LogP contribution is -1.80. The molecule has 0 bridgehead atoms. The number of hydrogen-bond acceptors (Lipinski definition) is 0. The first-order valence-corrected chi connectivity index (χ1v) is 5.91. The third-order valence-electron chi connectivity index (χ3n) is 2.46. The van der Waals surface area contributed by atoms with Crippen LogP contribution in [0.15, 0.2) is 0 Å². The van der Waals surface area contributed by atoms with Crippen LogP contribution in [0.4, 0.5) is 0 Å². The van der Waals surface area contributed by atoms with E-state index in [4.69, 9.17) is 0 Å². The lowest BCUT2D eigenvalue weighted by atomic mass is 10.1. The first-order valence-electron chi connectivity index (χ1n) is 5.91. The molecule has 0 aliphatic heterocycles. The van der Waals surface area contributed by atoms with Crippen LogP contribution in [-0.4, -0.2) is 0 Å². The van der Waals surface area contributed by atoms with Crippen LogP contribution in [0.25, 0.3) is 0 Å². The van der Waals surface area contributed by atoms with Gasteiger partial charge in [-0.2, -0.15) is 0 Å². The summed E-state index contributed by atoms with van der Waals surface area (Å²) in [4.78, 5) is 0. The largest absolute Gasteiger partial charge is 0.147 e. The Bertz CT molecular complexity index is 64.7. The Morgan fingerprint density at radius 3 is 0.857 bits per heavy atom. The molecule has 0 radical (unpaired) electrons. The van der Waals surface area contributed by atoms with Crippen LogP contribution in [-0.2, 0) is 0 Å². The highest BCUT2D eigenvalue weighted by Gasteiger charge is 1.90. The molecule has 2 heteroatoms. The molecule has 0 aliphatic carbocycles. The quantitative estimate of drug-likeness (QED) is 0.451. The fourth-order valence-electron chi connectivity index (χ4n) is 1.56. The Morgan fingerprint density at radius 1 is 0.429 bits per heavy atom. The van der Waals surface area contributed by atoms with Crippen molar-refractivity contribution < 1.29 is 0 Å². The topological polar surface area (TPSA) is 0 Å². The second kappa shape index (κ2) is 19.2. The summed E-state index contributed by atoms with van der Waals surface area (Å²) in [5.74, 6) is 0. The maximum atomic E-state index is 2.28. The third kappa shape index (κ3) is 18.4. The summed E-state index contributed by atoms with van der Waals surface area (Å²) in [6, 6.07) is 0. The van der Waals surface area contributed by atoms with Gasteiger partial charge in [-0.15, -0.1) is 24.8 Å². The van der Waals surface area contributed by atoms with Gasteiger partial charge in [-0.05, 0) is 0 Å². The summed E-state index contributed by atoms with van der Waals surface area (Å²) in [6.45, 7) is 4.56. The highest BCUT2D eigenvalue weighted by Crippen LogP contribution is 2.09. The van der Waals surface area contributed by atoms with E-state index in [1.54, 1.807) is 0 Å². The molecule has 0 amide bonds. The van der Waals surface area contributed by atoms with E-state index in [-0.39, 0.29) is 24.8 Å². The van der Waals surface area contributed by atoms with Gasteiger partial charge in [0.2, 0.25) is 0 Å². The Balaban J connectivity index is -0.000000605. The minimum absolute atomic E-state index is 0. The molecular formula is C12H28Cl2. The maximum Gasteiger partial charge on any atom is -0.0533 e. The van der Waals surface area contributed by atoms with E-state index in [0.29, 0.717) is 0 Å². The van der Waals surface area contributed by atoms with E-state index < -0.39 is 0 Å². The molecule has 0 aromatic rings. The van der Waals surface area contributed by atoms with Gasteiger partial charge >= 0.3 is 0 Å². The summed E-state index contributed by atoms with van der Waals surface area (Å²) in [7, 11) is 0. The second-order valence-corrected chi connectivity index (χ2v) is 3.83. The van der Waals surface area contributed by atoms with Gasteiger partial charge in [0.05, 0.1) is 0 Å². The summed E-state index contributed by atoms with van der Waals surface area (Å²) < 4.78 is 0. The monoisotopic (exact) mass is 242 g/mol. The molecule has 0 atom stereocenters. The first-order chi connectivity index (χ1) is 5.91. The lowest BCUT2D eigenvalue weighted by molar-refractivity contribution is 0.562. The molecule has 0 fully saturated rings. The lowest BCUT2D eigenvalue weighted by Gasteiger charge is -1.99. The molecule has 0 unspecified atom stereocenters. The third-order valence-corrected chi connectivity index (χ3v) is 2.46. The summed E-state index contributed by atoms with van der Waals surface area (Å²) in [6.07, 6.45) is 14.4. The Hall–Kier alpha value is 0.580. The molecule has 0 saturated heterocycles. The number of halogens is 2. The smallest absolute Gasteiger partial charge is 0.0533 e. The van der Waals surface area contributed by atoms with E-state index in [2.05, 4.69) is 13.8 Å². The van der Waals surface area contributed by atoms with Crippen LogP contribution in [0.2, 0.25) is 0 Å². The Labute approximate surface area is 103 Å². The van der Waals surface area contributed by atoms with Gasteiger partial charge in [-0.3, -0.25) is 0 Å². The summed E-state index contributed by atoms with van der Waals surface area (Å²) in [5, 5.41) is 0. The molecule has 0 aliphatic rings. The van der Waals surface area contributed by atoms with Gasteiger partial charge in [0.15, 0.2) is 0 Å². The number of unbranched alkanes of at least 4 members (excludes halogenated alkanes) is 9. The number of rotatable bonds is 9. The minimum Gasteiger partial charge on any atom is -0.147 e.